The van der Waals surface area contributed by atoms with Crippen molar-refractivity contribution in [2.45, 2.75) is 25.5 Å². The Morgan fingerprint density at radius 1 is 1.03 bits per heavy atom. The van der Waals surface area contributed by atoms with Crippen molar-refractivity contribution in [2.75, 3.05) is 59.7 Å². The van der Waals surface area contributed by atoms with Crippen LogP contribution in [0.15, 0.2) is 48.5 Å². The van der Waals surface area contributed by atoms with E-state index in [1.54, 1.807) is 7.05 Å². The first kappa shape index (κ1) is 25.9. The van der Waals surface area contributed by atoms with E-state index in [0.29, 0.717) is 45.8 Å². The Morgan fingerprint density at radius 2 is 1.72 bits per heavy atom. The molecule has 2 heterocycles. The number of hydrogen-bond donors (Lipinski definition) is 1. The van der Waals surface area contributed by atoms with Gasteiger partial charge < -0.3 is 24.2 Å². The summed E-state index contributed by atoms with van der Waals surface area (Å²) in [6.45, 7) is 5.70. The van der Waals surface area contributed by atoms with Crippen LogP contribution in [-0.2, 0) is 16.1 Å². The minimum atomic E-state index is -1.10. The first-order chi connectivity index (χ1) is 17.3. The fraction of sp³-hybridized carbons (Fsp3) is 0.481. The smallest absolute Gasteiger partial charge is 0.326 e. The Bertz CT molecular complexity index is 1030. The van der Waals surface area contributed by atoms with Crippen LogP contribution in [0.5, 0.6) is 11.5 Å². The van der Waals surface area contributed by atoms with Gasteiger partial charge in [0, 0.05) is 33.2 Å². The van der Waals surface area contributed by atoms with Crippen LogP contribution >= 0.6 is 0 Å². The molecule has 0 bridgehead atoms. The van der Waals surface area contributed by atoms with Gasteiger partial charge in [0.2, 0.25) is 5.91 Å². The van der Waals surface area contributed by atoms with Crippen molar-refractivity contribution in [2.24, 2.45) is 0 Å². The first-order valence-electron chi connectivity index (χ1n) is 12.3. The maximum Gasteiger partial charge on any atom is 0.326 e. The lowest BCUT2D eigenvalue weighted by molar-refractivity contribution is -0.125. The van der Waals surface area contributed by atoms with Crippen LogP contribution in [0.2, 0.25) is 0 Å². The Labute approximate surface area is 212 Å². The molecule has 1 atom stereocenters. The molecule has 0 spiro atoms. The minimum absolute atomic E-state index is 0.140. The Hall–Kier alpha value is -3.14. The van der Waals surface area contributed by atoms with Crippen molar-refractivity contribution in [3.63, 3.8) is 0 Å². The number of carbonyl (C=O) groups excluding carboxylic acids is 2. The van der Waals surface area contributed by atoms with Crippen molar-refractivity contribution in [1.82, 2.24) is 14.7 Å². The molecular weight excluding hydrogens is 462 g/mol. The number of benzene rings is 2. The van der Waals surface area contributed by atoms with Crippen molar-refractivity contribution < 1.29 is 28.9 Å². The molecule has 0 aromatic heterocycles. The third-order valence-corrected chi connectivity index (χ3v) is 6.32. The summed E-state index contributed by atoms with van der Waals surface area (Å²) in [6, 6.07) is 15.4. The summed E-state index contributed by atoms with van der Waals surface area (Å²) < 4.78 is 17.3. The number of β-amino-alcohol motifs (C(OH)–C–C–N with tert-alkyl or cyclic N) is 1. The Morgan fingerprint density at radius 3 is 2.42 bits per heavy atom. The highest BCUT2D eigenvalue weighted by atomic mass is 16.5. The summed E-state index contributed by atoms with van der Waals surface area (Å²) in [6.07, 6.45) is 0.574. The highest BCUT2D eigenvalue weighted by Gasteiger charge is 2.34. The maximum atomic E-state index is 11.9. The summed E-state index contributed by atoms with van der Waals surface area (Å²) in [7, 11) is 1.62. The van der Waals surface area contributed by atoms with Gasteiger partial charge in [-0.2, -0.15) is 0 Å². The minimum Gasteiger partial charge on any atom is -0.494 e. The normalized spacial score (nSPS) is 21.1. The lowest BCUT2D eigenvalue weighted by atomic mass is 10.1. The lowest BCUT2D eigenvalue weighted by Crippen LogP contribution is -2.48. The van der Waals surface area contributed by atoms with Crippen LogP contribution in [0.4, 0.5) is 4.79 Å². The van der Waals surface area contributed by atoms with E-state index in [0.717, 1.165) is 22.6 Å². The number of carbonyl (C=O) groups is 2. The first-order valence-corrected chi connectivity index (χ1v) is 12.3. The van der Waals surface area contributed by atoms with Crippen molar-refractivity contribution >= 4 is 11.9 Å². The molecule has 9 nitrogen and oxygen atoms in total. The van der Waals surface area contributed by atoms with Crippen LogP contribution in [-0.4, -0.2) is 97.0 Å². The zero-order chi connectivity index (χ0) is 25.5. The van der Waals surface area contributed by atoms with Crippen LogP contribution in [0.1, 0.15) is 17.5 Å². The number of aliphatic hydroxyl groups is 1. The van der Waals surface area contributed by atoms with Gasteiger partial charge >= 0.3 is 6.03 Å². The summed E-state index contributed by atoms with van der Waals surface area (Å²) in [5, 5.41) is 11.1. The van der Waals surface area contributed by atoms with Gasteiger partial charge in [-0.1, -0.05) is 29.8 Å². The lowest BCUT2D eigenvalue weighted by Gasteiger charge is -2.30. The second kappa shape index (κ2) is 11.7. The molecule has 2 aliphatic heterocycles. The van der Waals surface area contributed by atoms with E-state index < -0.39 is 5.60 Å². The summed E-state index contributed by atoms with van der Waals surface area (Å²) in [4.78, 5) is 28.6. The number of urea groups is 1. The molecule has 0 saturated carbocycles. The largest absolute Gasteiger partial charge is 0.494 e. The Balaban J connectivity index is 1.23. The van der Waals surface area contributed by atoms with Gasteiger partial charge in [0.1, 0.15) is 30.3 Å². The third kappa shape index (κ3) is 6.96. The molecule has 0 radical (unpaired) electrons. The number of ether oxygens (including phenoxy) is 3. The number of rotatable bonds is 10. The molecule has 4 rings (SSSR count). The van der Waals surface area contributed by atoms with E-state index in [9.17, 15) is 14.7 Å². The van der Waals surface area contributed by atoms with Crippen LogP contribution < -0.4 is 9.47 Å². The van der Waals surface area contributed by atoms with E-state index >= 15 is 0 Å². The van der Waals surface area contributed by atoms with Gasteiger partial charge in [0.25, 0.3) is 0 Å². The molecule has 194 valence electrons. The standard InChI is InChI=1S/C27H35N3O6/c1-21-4-8-24(9-5-21)36-20-27(33)18-29(13-15-34-19-27)16-22-6-10-23(11-7-22)35-14-3-12-30-25(31)17-28(2)26(30)32/h4-11,33H,3,12-20H2,1-2H3. The second-order valence-electron chi connectivity index (χ2n) is 9.62. The molecule has 2 aliphatic rings. The molecule has 1 N–H and O–H groups in total. The number of amides is 3. The molecular formula is C27H35N3O6. The maximum absolute atomic E-state index is 11.9. The summed E-state index contributed by atoms with van der Waals surface area (Å²) in [5.41, 5.74) is 1.16. The molecule has 9 heteroatoms. The predicted octanol–water partition coefficient (Wildman–Crippen LogP) is 2.30. The molecule has 2 saturated heterocycles. The fourth-order valence-corrected chi connectivity index (χ4v) is 4.32. The van der Waals surface area contributed by atoms with Crippen molar-refractivity contribution in [1.29, 1.82) is 0 Å². The second-order valence-corrected chi connectivity index (χ2v) is 9.62. The molecule has 36 heavy (non-hydrogen) atoms. The van der Waals surface area contributed by atoms with Crippen molar-refractivity contribution in [3.05, 3.63) is 59.7 Å². The van der Waals surface area contributed by atoms with Crippen LogP contribution in [0.3, 0.4) is 0 Å². The van der Waals surface area contributed by atoms with Gasteiger partial charge in [0.05, 0.1) is 19.8 Å². The van der Waals surface area contributed by atoms with E-state index in [1.807, 2.05) is 55.5 Å². The monoisotopic (exact) mass is 497 g/mol. The zero-order valence-electron chi connectivity index (χ0n) is 21.0. The molecule has 1 unspecified atom stereocenters. The summed E-state index contributed by atoms with van der Waals surface area (Å²) in [5.74, 6) is 1.29. The van der Waals surface area contributed by atoms with Gasteiger partial charge in [-0.15, -0.1) is 0 Å². The van der Waals surface area contributed by atoms with E-state index in [2.05, 4.69) is 4.90 Å². The van der Waals surface area contributed by atoms with Gasteiger partial charge in [0.15, 0.2) is 0 Å². The van der Waals surface area contributed by atoms with Crippen molar-refractivity contribution in [3.8, 4) is 11.5 Å². The number of hydrogen-bond acceptors (Lipinski definition) is 7. The fourth-order valence-electron chi connectivity index (χ4n) is 4.32. The molecule has 3 amide bonds. The number of imide groups is 1. The van der Waals surface area contributed by atoms with E-state index in [1.165, 1.54) is 9.80 Å². The molecule has 2 aromatic carbocycles. The molecule has 2 aromatic rings. The predicted molar refractivity (Wildman–Crippen MR) is 134 cm³/mol. The third-order valence-electron chi connectivity index (χ3n) is 6.32. The average molecular weight is 498 g/mol. The van der Waals surface area contributed by atoms with Gasteiger partial charge in [-0.3, -0.25) is 14.6 Å². The highest BCUT2D eigenvalue weighted by Crippen LogP contribution is 2.20. The average Bonchev–Trinajstić information content (AvgIpc) is 2.99. The summed E-state index contributed by atoms with van der Waals surface area (Å²) >= 11 is 0. The topological polar surface area (TPSA) is 91.8 Å². The van der Waals surface area contributed by atoms with E-state index in [4.69, 9.17) is 14.2 Å². The Kier molecular flexibility index (Phi) is 8.45. The molecule has 0 aliphatic carbocycles. The highest BCUT2D eigenvalue weighted by molar-refractivity contribution is 6.01. The van der Waals surface area contributed by atoms with E-state index in [-0.39, 0.29) is 31.7 Å². The van der Waals surface area contributed by atoms with Crippen LogP contribution in [0.25, 0.3) is 0 Å². The zero-order valence-corrected chi connectivity index (χ0v) is 21.0. The molecule has 2 fully saturated rings. The van der Waals surface area contributed by atoms with Gasteiger partial charge in [-0.05, 0) is 43.2 Å². The van der Waals surface area contributed by atoms with Gasteiger partial charge in [-0.25, -0.2) is 4.79 Å². The SMILES string of the molecule is Cc1ccc(OCC2(O)COCCN(Cc3ccc(OCCCN4C(=O)CN(C)C4=O)cc3)C2)cc1. The quantitative estimate of drug-likeness (QED) is 0.398. The number of aryl methyl sites for hydroxylation is 1. The van der Waals surface area contributed by atoms with Crippen LogP contribution in [0, 0.1) is 6.92 Å². The number of nitrogens with zero attached hydrogens (tertiary/aromatic N) is 3. The number of likely N-dealkylation sites (N-methyl/N-ethyl adjacent to an activating group) is 1.